The van der Waals surface area contributed by atoms with E-state index in [-0.39, 0.29) is 23.9 Å². The lowest BCUT2D eigenvalue weighted by atomic mass is 9.97. The van der Waals surface area contributed by atoms with Gasteiger partial charge in [-0.15, -0.1) is 11.3 Å². The zero-order chi connectivity index (χ0) is 22.8. The van der Waals surface area contributed by atoms with Crippen LogP contribution in [0.5, 0.6) is 5.75 Å². The average molecular weight is 466 g/mol. The molecule has 0 bridgehead atoms. The molecule has 4 aromatic rings. The van der Waals surface area contributed by atoms with Crippen molar-refractivity contribution in [3.8, 4) is 22.3 Å². The molecule has 0 spiro atoms. The first-order chi connectivity index (χ1) is 16.1. The van der Waals surface area contributed by atoms with Gasteiger partial charge in [0.1, 0.15) is 23.1 Å². The maximum Gasteiger partial charge on any atom is 0.263 e. The van der Waals surface area contributed by atoms with E-state index in [1.807, 2.05) is 17.5 Å². The number of aromatic amines is 1. The van der Waals surface area contributed by atoms with Crippen LogP contribution in [0.1, 0.15) is 24.1 Å². The van der Waals surface area contributed by atoms with Gasteiger partial charge in [-0.3, -0.25) is 14.6 Å². The molecule has 33 heavy (non-hydrogen) atoms. The van der Waals surface area contributed by atoms with Gasteiger partial charge in [0.2, 0.25) is 5.95 Å². The number of amides is 1. The van der Waals surface area contributed by atoms with Crippen molar-refractivity contribution in [2.75, 3.05) is 11.9 Å². The number of ether oxygens (including phenoxy) is 1. The van der Waals surface area contributed by atoms with Crippen LogP contribution in [-0.4, -0.2) is 32.3 Å². The highest BCUT2D eigenvalue weighted by Gasteiger charge is 2.20. The van der Waals surface area contributed by atoms with Gasteiger partial charge in [0.25, 0.3) is 11.5 Å². The fourth-order valence-corrected chi connectivity index (χ4v) is 4.41. The summed E-state index contributed by atoms with van der Waals surface area (Å²) in [6.45, 7) is -0.278. The molecule has 1 aliphatic rings. The molecule has 3 aromatic heterocycles. The number of aryl methyl sites for hydroxylation is 1. The summed E-state index contributed by atoms with van der Waals surface area (Å²) in [4.78, 5) is 33.6. The summed E-state index contributed by atoms with van der Waals surface area (Å²) < 4.78 is 19.9. The van der Waals surface area contributed by atoms with Crippen molar-refractivity contribution < 1.29 is 13.9 Å². The Morgan fingerprint density at radius 1 is 1.21 bits per heavy atom. The Kier molecular flexibility index (Phi) is 5.74. The number of thiophene rings is 1. The highest BCUT2D eigenvalue weighted by molar-refractivity contribution is 7.13. The molecule has 1 aromatic carbocycles. The van der Waals surface area contributed by atoms with E-state index in [2.05, 4.69) is 20.4 Å². The van der Waals surface area contributed by atoms with Crippen molar-refractivity contribution in [3.05, 3.63) is 75.3 Å². The maximum atomic E-state index is 13.1. The van der Waals surface area contributed by atoms with E-state index < -0.39 is 5.91 Å². The molecule has 0 atom stereocenters. The number of halogens is 1. The molecular formula is C23H20FN5O3S. The summed E-state index contributed by atoms with van der Waals surface area (Å²) in [6.07, 6.45) is 3.39. The largest absolute Gasteiger partial charge is 0.484 e. The lowest BCUT2D eigenvalue weighted by molar-refractivity contribution is -0.118. The van der Waals surface area contributed by atoms with E-state index in [0.29, 0.717) is 29.2 Å². The van der Waals surface area contributed by atoms with Crippen LogP contribution in [-0.2, 0) is 17.6 Å². The lowest BCUT2D eigenvalue weighted by Gasteiger charge is -2.15. The zero-order valence-electron chi connectivity index (χ0n) is 17.5. The number of carbonyl (C=O) groups is 1. The number of benzene rings is 1. The van der Waals surface area contributed by atoms with Crippen LogP contribution in [0, 0.1) is 5.82 Å². The SMILES string of the molecule is O=C(COc1ccc(F)cc1)Nc1cc(-c2cccs2)nn1-c1nc2c(c(=O)[nH]1)CCCC2. The topological polar surface area (TPSA) is 102 Å². The Balaban J connectivity index is 1.44. The molecule has 0 fully saturated rings. The number of nitrogens with one attached hydrogen (secondary N) is 2. The molecule has 1 amide bonds. The zero-order valence-corrected chi connectivity index (χ0v) is 18.3. The van der Waals surface area contributed by atoms with E-state index >= 15 is 0 Å². The molecule has 8 nitrogen and oxygen atoms in total. The van der Waals surface area contributed by atoms with Crippen molar-refractivity contribution in [3.63, 3.8) is 0 Å². The Morgan fingerprint density at radius 2 is 2.03 bits per heavy atom. The lowest BCUT2D eigenvalue weighted by Crippen LogP contribution is -2.26. The Morgan fingerprint density at radius 3 is 2.82 bits per heavy atom. The first-order valence-electron chi connectivity index (χ1n) is 10.5. The summed E-state index contributed by atoms with van der Waals surface area (Å²) in [5, 5.41) is 9.30. The first-order valence-corrected chi connectivity index (χ1v) is 11.4. The third-order valence-electron chi connectivity index (χ3n) is 5.31. The molecule has 3 heterocycles. The molecule has 0 unspecified atom stereocenters. The Hall–Kier alpha value is -3.79. The van der Waals surface area contributed by atoms with E-state index in [0.717, 1.165) is 29.8 Å². The summed E-state index contributed by atoms with van der Waals surface area (Å²) in [6, 6.07) is 11.0. The van der Waals surface area contributed by atoms with Crippen LogP contribution in [0.15, 0.2) is 52.6 Å². The number of H-pyrrole nitrogens is 1. The van der Waals surface area contributed by atoms with Crippen LogP contribution in [0.2, 0.25) is 0 Å². The van der Waals surface area contributed by atoms with Gasteiger partial charge in [0.05, 0.1) is 10.6 Å². The summed E-state index contributed by atoms with van der Waals surface area (Å²) in [5.41, 5.74) is 1.94. The molecule has 5 rings (SSSR count). The summed E-state index contributed by atoms with van der Waals surface area (Å²) >= 11 is 1.51. The minimum Gasteiger partial charge on any atom is -0.484 e. The predicted molar refractivity (Wildman–Crippen MR) is 122 cm³/mol. The van der Waals surface area contributed by atoms with E-state index in [1.54, 1.807) is 6.07 Å². The molecule has 168 valence electrons. The van der Waals surface area contributed by atoms with Crippen molar-refractivity contribution in [2.24, 2.45) is 0 Å². The van der Waals surface area contributed by atoms with Gasteiger partial charge in [-0.05, 0) is 61.4 Å². The van der Waals surface area contributed by atoms with Crippen molar-refractivity contribution in [2.45, 2.75) is 25.7 Å². The second kappa shape index (κ2) is 8.99. The van der Waals surface area contributed by atoms with Crippen LogP contribution in [0.25, 0.3) is 16.5 Å². The molecule has 0 saturated carbocycles. The smallest absolute Gasteiger partial charge is 0.263 e. The van der Waals surface area contributed by atoms with Crippen LogP contribution in [0.4, 0.5) is 10.2 Å². The normalized spacial score (nSPS) is 12.9. The fourth-order valence-electron chi connectivity index (χ4n) is 3.73. The summed E-state index contributed by atoms with van der Waals surface area (Å²) in [7, 11) is 0. The van der Waals surface area contributed by atoms with Gasteiger partial charge >= 0.3 is 0 Å². The molecule has 2 N–H and O–H groups in total. The molecule has 0 aliphatic heterocycles. The Bertz CT molecular complexity index is 1350. The minimum atomic E-state index is -0.432. The first kappa shape index (κ1) is 21.1. The number of fused-ring (bicyclic) bond motifs is 1. The van der Waals surface area contributed by atoms with Gasteiger partial charge in [0.15, 0.2) is 6.61 Å². The third-order valence-corrected chi connectivity index (χ3v) is 6.21. The quantitative estimate of drug-likeness (QED) is 0.452. The average Bonchev–Trinajstić information content (AvgIpc) is 3.49. The minimum absolute atomic E-state index is 0.181. The highest BCUT2D eigenvalue weighted by Crippen LogP contribution is 2.27. The van der Waals surface area contributed by atoms with Gasteiger partial charge in [0, 0.05) is 11.6 Å². The molecular weight excluding hydrogens is 445 g/mol. The van der Waals surface area contributed by atoms with Crippen molar-refractivity contribution in [1.82, 2.24) is 19.7 Å². The second-order valence-electron chi connectivity index (χ2n) is 7.62. The van der Waals surface area contributed by atoms with E-state index in [9.17, 15) is 14.0 Å². The predicted octanol–water partition coefficient (Wildman–Crippen LogP) is 3.72. The standard InChI is InChI=1S/C23H20FN5O3S/c24-14-7-9-15(10-8-14)32-13-21(30)26-20-12-18(19-6-3-11-33-19)28-29(20)23-25-17-5-2-1-4-16(17)22(31)27-23/h3,6-12H,1-2,4-5,13H2,(H,26,30)(H,25,27,31). The summed E-state index contributed by atoms with van der Waals surface area (Å²) in [5.74, 6) is 0.158. The van der Waals surface area contributed by atoms with Gasteiger partial charge in [-0.1, -0.05) is 6.07 Å². The third kappa shape index (κ3) is 4.56. The number of nitrogens with zero attached hydrogens (tertiary/aromatic N) is 3. The molecule has 10 heteroatoms. The van der Waals surface area contributed by atoms with Crippen LogP contribution in [0.3, 0.4) is 0 Å². The fraction of sp³-hybridized carbons (Fsp3) is 0.217. The number of carbonyl (C=O) groups excluding carboxylic acids is 1. The number of anilines is 1. The van der Waals surface area contributed by atoms with Gasteiger partial charge in [-0.25, -0.2) is 9.37 Å². The number of hydrogen-bond acceptors (Lipinski definition) is 6. The molecule has 0 saturated heterocycles. The second-order valence-corrected chi connectivity index (χ2v) is 8.56. The van der Waals surface area contributed by atoms with Crippen LogP contribution >= 0.6 is 11.3 Å². The van der Waals surface area contributed by atoms with Crippen LogP contribution < -0.4 is 15.6 Å². The van der Waals surface area contributed by atoms with Crippen molar-refractivity contribution >= 4 is 23.1 Å². The molecule has 1 aliphatic carbocycles. The van der Waals surface area contributed by atoms with E-state index in [1.165, 1.54) is 40.3 Å². The maximum absolute atomic E-state index is 13.1. The van der Waals surface area contributed by atoms with Gasteiger partial charge in [-0.2, -0.15) is 9.78 Å². The molecule has 0 radical (unpaired) electrons. The van der Waals surface area contributed by atoms with Crippen molar-refractivity contribution in [1.29, 1.82) is 0 Å². The Labute approximate surface area is 192 Å². The van der Waals surface area contributed by atoms with E-state index in [4.69, 9.17) is 4.74 Å². The number of aromatic nitrogens is 4. The number of hydrogen-bond donors (Lipinski definition) is 2. The highest BCUT2D eigenvalue weighted by atomic mass is 32.1. The van der Waals surface area contributed by atoms with Gasteiger partial charge < -0.3 is 10.1 Å². The monoisotopic (exact) mass is 465 g/mol. The number of rotatable bonds is 6.